The lowest BCUT2D eigenvalue weighted by Crippen LogP contribution is -2.24. The first kappa shape index (κ1) is 13.7. The quantitative estimate of drug-likeness (QED) is 0.737. The molecule has 0 saturated carbocycles. The van der Waals surface area contributed by atoms with Crippen LogP contribution in [0.2, 0.25) is 0 Å². The average molecular weight is 238 g/mol. The Bertz CT molecular complexity index is 351. The van der Waals surface area contributed by atoms with Gasteiger partial charge in [-0.3, -0.25) is 9.48 Å². The Morgan fingerprint density at radius 3 is 2.76 bits per heavy atom. The van der Waals surface area contributed by atoms with E-state index in [1.54, 1.807) is 4.68 Å². The summed E-state index contributed by atoms with van der Waals surface area (Å²) in [4.78, 5) is 11.6. The topological polar surface area (TPSA) is 59.0 Å². The standard InChI is InChI=1S/C12H22N4O/c1-9(2)13-7-5-6-12(17)14-11-8-10(3)16(4)15-11/h8-9,13H,5-7H2,1-4H3,(H,14,15,17). The SMILES string of the molecule is Cc1cc(NC(=O)CCCNC(C)C)nn1C. The number of aromatic nitrogens is 2. The van der Waals surface area contributed by atoms with Crippen LogP contribution >= 0.6 is 0 Å². The Labute approximate surface area is 103 Å². The van der Waals surface area contributed by atoms with Crippen molar-refractivity contribution in [1.82, 2.24) is 15.1 Å². The number of aryl methyl sites for hydroxylation is 2. The van der Waals surface area contributed by atoms with Crippen molar-refractivity contribution in [2.45, 2.75) is 39.7 Å². The first-order chi connectivity index (χ1) is 7.99. The number of carbonyl (C=O) groups is 1. The molecule has 0 radical (unpaired) electrons. The summed E-state index contributed by atoms with van der Waals surface area (Å²) in [5.41, 5.74) is 1.03. The molecule has 0 aliphatic heterocycles. The third-order valence-corrected chi connectivity index (χ3v) is 2.51. The van der Waals surface area contributed by atoms with Crippen LogP contribution in [-0.4, -0.2) is 28.3 Å². The molecule has 0 aliphatic carbocycles. The molecule has 0 spiro atoms. The smallest absolute Gasteiger partial charge is 0.225 e. The number of hydrogen-bond acceptors (Lipinski definition) is 3. The van der Waals surface area contributed by atoms with Gasteiger partial charge >= 0.3 is 0 Å². The number of anilines is 1. The Morgan fingerprint density at radius 2 is 2.24 bits per heavy atom. The summed E-state index contributed by atoms with van der Waals surface area (Å²) in [5.74, 6) is 0.653. The van der Waals surface area contributed by atoms with Gasteiger partial charge < -0.3 is 10.6 Å². The maximum absolute atomic E-state index is 11.6. The summed E-state index contributed by atoms with van der Waals surface area (Å²) in [5, 5.41) is 10.2. The second kappa shape index (κ2) is 6.39. The van der Waals surface area contributed by atoms with Crippen LogP contribution in [0.1, 0.15) is 32.4 Å². The molecule has 1 amide bonds. The van der Waals surface area contributed by atoms with E-state index in [2.05, 4.69) is 29.6 Å². The maximum Gasteiger partial charge on any atom is 0.225 e. The highest BCUT2D eigenvalue weighted by Gasteiger charge is 2.06. The van der Waals surface area contributed by atoms with Gasteiger partial charge in [-0.2, -0.15) is 5.10 Å². The molecule has 0 fully saturated rings. The molecule has 0 atom stereocenters. The predicted molar refractivity (Wildman–Crippen MR) is 68.9 cm³/mol. The van der Waals surface area contributed by atoms with E-state index < -0.39 is 0 Å². The number of rotatable bonds is 6. The van der Waals surface area contributed by atoms with Crippen molar-refractivity contribution >= 4 is 11.7 Å². The second-order valence-corrected chi connectivity index (χ2v) is 4.56. The van der Waals surface area contributed by atoms with Crippen LogP contribution < -0.4 is 10.6 Å². The monoisotopic (exact) mass is 238 g/mol. The van der Waals surface area contributed by atoms with Crippen LogP contribution in [0, 0.1) is 6.92 Å². The van der Waals surface area contributed by atoms with Gasteiger partial charge in [0, 0.05) is 31.3 Å². The number of nitrogens with one attached hydrogen (secondary N) is 2. The molecule has 96 valence electrons. The van der Waals surface area contributed by atoms with Crippen molar-refractivity contribution in [3.05, 3.63) is 11.8 Å². The second-order valence-electron chi connectivity index (χ2n) is 4.56. The molecule has 17 heavy (non-hydrogen) atoms. The van der Waals surface area contributed by atoms with E-state index in [1.807, 2.05) is 20.0 Å². The fraction of sp³-hybridized carbons (Fsp3) is 0.667. The van der Waals surface area contributed by atoms with Crippen LogP contribution in [0.4, 0.5) is 5.82 Å². The molecule has 5 heteroatoms. The highest BCUT2D eigenvalue weighted by molar-refractivity contribution is 5.89. The number of amides is 1. The molecule has 0 bridgehead atoms. The molecule has 0 unspecified atom stereocenters. The summed E-state index contributed by atoms with van der Waals surface area (Å²) in [7, 11) is 1.86. The van der Waals surface area contributed by atoms with E-state index in [4.69, 9.17) is 0 Å². The van der Waals surface area contributed by atoms with Crippen LogP contribution in [0.3, 0.4) is 0 Å². The molecule has 1 rings (SSSR count). The minimum Gasteiger partial charge on any atom is -0.315 e. The molecular weight excluding hydrogens is 216 g/mol. The zero-order valence-electron chi connectivity index (χ0n) is 11.1. The van der Waals surface area contributed by atoms with Crippen LogP contribution in [0.5, 0.6) is 0 Å². The first-order valence-electron chi connectivity index (χ1n) is 6.03. The lowest BCUT2D eigenvalue weighted by Gasteiger charge is -2.07. The number of nitrogens with zero attached hydrogens (tertiary/aromatic N) is 2. The van der Waals surface area contributed by atoms with Gasteiger partial charge in [-0.1, -0.05) is 13.8 Å². The first-order valence-corrected chi connectivity index (χ1v) is 6.03. The van der Waals surface area contributed by atoms with Crippen molar-refractivity contribution in [2.75, 3.05) is 11.9 Å². The van der Waals surface area contributed by atoms with Gasteiger partial charge in [0.1, 0.15) is 0 Å². The summed E-state index contributed by atoms with van der Waals surface area (Å²) < 4.78 is 1.75. The number of carbonyl (C=O) groups excluding carboxylic acids is 1. The molecule has 0 aromatic carbocycles. The van der Waals surface area contributed by atoms with E-state index in [0.29, 0.717) is 18.3 Å². The molecule has 1 heterocycles. The van der Waals surface area contributed by atoms with Crippen LogP contribution in [0.15, 0.2) is 6.07 Å². The third-order valence-electron chi connectivity index (χ3n) is 2.51. The Morgan fingerprint density at radius 1 is 1.53 bits per heavy atom. The van der Waals surface area contributed by atoms with Crippen molar-refractivity contribution < 1.29 is 4.79 Å². The predicted octanol–water partition coefficient (Wildman–Crippen LogP) is 1.45. The Kier molecular flexibility index (Phi) is 5.15. The molecule has 1 aromatic rings. The van der Waals surface area contributed by atoms with Gasteiger partial charge in [0.2, 0.25) is 5.91 Å². The lowest BCUT2D eigenvalue weighted by atomic mass is 10.2. The van der Waals surface area contributed by atoms with E-state index in [1.165, 1.54) is 0 Å². The normalized spacial score (nSPS) is 10.9. The van der Waals surface area contributed by atoms with E-state index in [0.717, 1.165) is 18.7 Å². The molecule has 0 aliphatic rings. The Balaban J connectivity index is 2.25. The van der Waals surface area contributed by atoms with Gasteiger partial charge in [0.15, 0.2) is 5.82 Å². The van der Waals surface area contributed by atoms with E-state index >= 15 is 0 Å². The molecule has 5 nitrogen and oxygen atoms in total. The Hall–Kier alpha value is -1.36. The summed E-state index contributed by atoms with van der Waals surface area (Å²) in [6.07, 6.45) is 1.37. The fourth-order valence-corrected chi connectivity index (χ4v) is 1.47. The fourth-order valence-electron chi connectivity index (χ4n) is 1.47. The average Bonchev–Trinajstić information content (AvgIpc) is 2.52. The van der Waals surface area contributed by atoms with Crippen molar-refractivity contribution in [1.29, 1.82) is 0 Å². The third kappa shape index (κ3) is 4.99. The van der Waals surface area contributed by atoms with Crippen molar-refractivity contribution in [3.8, 4) is 0 Å². The molecule has 0 saturated heterocycles. The van der Waals surface area contributed by atoms with Gasteiger partial charge in [-0.25, -0.2) is 0 Å². The van der Waals surface area contributed by atoms with Crippen molar-refractivity contribution in [3.63, 3.8) is 0 Å². The van der Waals surface area contributed by atoms with Gasteiger partial charge in [-0.05, 0) is 19.9 Å². The number of hydrogen-bond donors (Lipinski definition) is 2. The zero-order chi connectivity index (χ0) is 12.8. The van der Waals surface area contributed by atoms with Crippen molar-refractivity contribution in [2.24, 2.45) is 7.05 Å². The zero-order valence-corrected chi connectivity index (χ0v) is 11.1. The van der Waals surface area contributed by atoms with Gasteiger partial charge in [-0.15, -0.1) is 0 Å². The molecular formula is C12H22N4O. The van der Waals surface area contributed by atoms with Gasteiger partial charge in [0.25, 0.3) is 0 Å². The maximum atomic E-state index is 11.6. The molecule has 2 N–H and O–H groups in total. The largest absolute Gasteiger partial charge is 0.315 e. The highest BCUT2D eigenvalue weighted by atomic mass is 16.1. The minimum absolute atomic E-state index is 0.0219. The van der Waals surface area contributed by atoms with E-state index in [-0.39, 0.29) is 5.91 Å². The van der Waals surface area contributed by atoms with E-state index in [9.17, 15) is 4.79 Å². The summed E-state index contributed by atoms with van der Waals surface area (Å²) in [6.45, 7) is 7.01. The summed E-state index contributed by atoms with van der Waals surface area (Å²) >= 11 is 0. The van der Waals surface area contributed by atoms with Gasteiger partial charge in [0.05, 0.1) is 0 Å². The minimum atomic E-state index is 0.0219. The summed E-state index contributed by atoms with van der Waals surface area (Å²) in [6, 6.07) is 2.33. The lowest BCUT2D eigenvalue weighted by molar-refractivity contribution is -0.116. The van der Waals surface area contributed by atoms with Crippen LogP contribution in [-0.2, 0) is 11.8 Å². The highest BCUT2D eigenvalue weighted by Crippen LogP contribution is 2.07. The van der Waals surface area contributed by atoms with Crippen LogP contribution in [0.25, 0.3) is 0 Å². The molecule has 1 aromatic heterocycles.